The topological polar surface area (TPSA) is 40.5 Å². The van der Waals surface area contributed by atoms with E-state index in [4.69, 9.17) is 0 Å². The highest BCUT2D eigenvalue weighted by molar-refractivity contribution is 7.80. The molecule has 1 saturated carbocycles. The molecule has 0 aliphatic heterocycles. The van der Waals surface area contributed by atoms with Crippen molar-refractivity contribution < 1.29 is 9.90 Å². The molecule has 1 aliphatic carbocycles. The quantitative estimate of drug-likeness (QED) is 0.833. The molecule has 1 aromatic rings. The second-order valence-electron chi connectivity index (χ2n) is 5.27. The van der Waals surface area contributed by atoms with Gasteiger partial charge in [0.1, 0.15) is 0 Å². The number of hydrogen-bond acceptors (Lipinski definition) is 3. The first-order valence-corrected chi connectivity index (χ1v) is 7.24. The van der Waals surface area contributed by atoms with Crippen LogP contribution in [0.3, 0.4) is 0 Å². The summed E-state index contributed by atoms with van der Waals surface area (Å²) in [5.74, 6) is 0.0675. The van der Waals surface area contributed by atoms with Gasteiger partial charge in [-0.15, -0.1) is 12.6 Å². The van der Waals surface area contributed by atoms with Crippen LogP contribution in [-0.2, 0) is 11.2 Å². The summed E-state index contributed by atoms with van der Waals surface area (Å²) in [5, 5.41) is 9.99. The van der Waals surface area contributed by atoms with E-state index in [1.54, 1.807) is 11.9 Å². The maximum Gasteiger partial charge on any atom is 0.227 e. The lowest BCUT2D eigenvalue weighted by atomic mass is 9.91. The van der Waals surface area contributed by atoms with Crippen LogP contribution in [0.25, 0.3) is 0 Å². The van der Waals surface area contributed by atoms with E-state index in [1.165, 1.54) is 0 Å². The van der Waals surface area contributed by atoms with Gasteiger partial charge >= 0.3 is 0 Å². The summed E-state index contributed by atoms with van der Waals surface area (Å²) in [6.07, 6.45) is 3.86. The van der Waals surface area contributed by atoms with Gasteiger partial charge < -0.3 is 10.0 Å². The number of rotatable bonds is 3. The number of aliphatic hydroxyl groups excluding tert-OH is 1. The van der Waals surface area contributed by atoms with Gasteiger partial charge in [0.05, 0.1) is 18.6 Å². The van der Waals surface area contributed by atoms with Crippen molar-refractivity contribution in [1.82, 2.24) is 4.90 Å². The highest BCUT2D eigenvalue weighted by Gasteiger charge is 2.29. The number of likely N-dealkylation sites (N-methyl/N-ethyl adjacent to an activating group) is 1. The average Bonchev–Trinajstić information content (AvgIpc) is 2.41. The first kappa shape index (κ1) is 14.4. The van der Waals surface area contributed by atoms with Gasteiger partial charge in [-0.05, 0) is 30.5 Å². The van der Waals surface area contributed by atoms with Crippen LogP contribution >= 0.6 is 12.6 Å². The predicted molar refractivity (Wildman–Crippen MR) is 78.4 cm³/mol. The van der Waals surface area contributed by atoms with Crippen LogP contribution in [0.15, 0.2) is 29.2 Å². The fraction of sp³-hybridized carbons (Fsp3) is 0.533. The third-order valence-corrected chi connectivity index (χ3v) is 4.17. The Morgan fingerprint density at radius 2 is 1.95 bits per heavy atom. The Kier molecular flexibility index (Phi) is 4.88. The number of amides is 1. The van der Waals surface area contributed by atoms with Crippen LogP contribution in [0, 0.1) is 0 Å². The molecule has 1 aromatic carbocycles. The zero-order valence-corrected chi connectivity index (χ0v) is 12.1. The molecule has 0 aromatic heterocycles. The second kappa shape index (κ2) is 6.44. The molecule has 0 heterocycles. The lowest BCUT2D eigenvalue weighted by Gasteiger charge is -2.35. The molecule has 0 bridgehead atoms. The smallest absolute Gasteiger partial charge is 0.227 e. The van der Waals surface area contributed by atoms with Gasteiger partial charge in [0.2, 0.25) is 5.91 Å². The number of aliphatic hydroxyl groups is 1. The third kappa shape index (κ3) is 3.74. The monoisotopic (exact) mass is 279 g/mol. The van der Waals surface area contributed by atoms with E-state index in [2.05, 4.69) is 12.6 Å². The summed E-state index contributed by atoms with van der Waals surface area (Å²) in [6, 6.07) is 7.60. The molecule has 2 atom stereocenters. The molecule has 0 saturated heterocycles. The van der Waals surface area contributed by atoms with Gasteiger partial charge in [0.25, 0.3) is 0 Å². The summed E-state index contributed by atoms with van der Waals surface area (Å²) >= 11 is 4.23. The highest BCUT2D eigenvalue weighted by Crippen LogP contribution is 2.23. The van der Waals surface area contributed by atoms with Crippen LogP contribution in [0.5, 0.6) is 0 Å². The number of nitrogens with zero attached hydrogens (tertiary/aromatic N) is 1. The summed E-state index contributed by atoms with van der Waals surface area (Å²) in [4.78, 5) is 14.9. The molecule has 1 N–H and O–H groups in total. The molecule has 3 nitrogen and oxygen atoms in total. The van der Waals surface area contributed by atoms with Crippen LogP contribution in [0.1, 0.15) is 31.2 Å². The molecule has 0 spiro atoms. The van der Waals surface area contributed by atoms with Crippen LogP contribution in [-0.4, -0.2) is 35.1 Å². The minimum absolute atomic E-state index is 0.0228. The van der Waals surface area contributed by atoms with Crippen molar-refractivity contribution in [3.05, 3.63) is 29.8 Å². The van der Waals surface area contributed by atoms with Crippen molar-refractivity contribution >= 4 is 18.5 Å². The average molecular weight is 279 g/mol. The van der Waals surface area contributed by atoms with E-state index in [9.17, 15) is 9.90 Å². The summed E-state index contributed by atoms with van der Waals surface area (Å²) in [5.41, 5.74) is 0.986. The SMILES string of the molecule is CN(C(=O)Cc1ccc(S)cc1)C1CCCCC1O. The van der Waals surface area contributed by atoms with Crippen molar-refractivity contribution in [2.75, 3.05) is 7.05 Å². The van der Waals surface area contributed by atoms with E-state index < -0.39 is 0 Å². The van der Waals surface area contributed by atoms with Gasteiger partial charge in [0, 0.05) is 11.9 Å². The third-order valence-electron chi connectivity index (χ3n) is 3.88. The van der Waals surface area contributed by atoms with E-state index in [-0.39, 0.29) is 18.1 Å². The fourth-order valence-corrected chi connectivity index (χ4v) is 2.79. The Morgan fingerprint density at radius 3 is 2.58 bits per heavy atom. The maximum absolute atomic E-state index is 12.2. The second-order valence-corrected chi connectivity index (χ2v) is 5.78. The van der Waals surface area contributed by atoms with Gasteiger partial charge in [-0.25, -0.2) is 0 Å². The van der Waals surface area contributed by atoms with E-state index in [1.807, 2.05) is 24.3 Å². The summed E-state index contributed by atoms with van der Waals surface area (Å²) in [7, 11) is 1.80. The van der Waals surface area contributed by atoms with Crippen molar-refractivity contribution in [3.63, 3.8) is 0 Å². The van der Waals surface area contributed by atoms with Crippen LogP contribution in [0.4, 0.5) is 0 Å². The zero-order chi connectivity index (χ0) is 13.8. The molecule has 0 radical (unpaired) electrons. The maximum atomic E-state index is 12.2. The van der Waals surface area contributed by atoms with Gasteiger partial charge in [-0.1, -0.05) is 25.0 Å². The van der Waals surface area contributed by atoms with Gasteiger partial charge in [-0.3, -0.25) is 4.79 Å². The number of carbonyl (C=O) groups excluding carboxylic acids is 1. The zero-order valence-electron chi connectivity index (χ0n) is 11.2. The molecule has 1 amide bonds. The van der Waals surface area contributed by atoms with E-state index >= 15 is 0 Å². The Labute approximate surface area is 120 Å². The number of benzene rings is 1. The van der Waals surface area contributed by atoms with E-state index in [0.29, 0.717) is 6.42 Å². The van der Waals surface area contributed by atoms with Gasteiger partial charge in [-0.2, -0.15) is 0 Å². The Balaban J connectivity index is 1.96. The molecule has 4 heteroatoms. The van der Waals surface area contributed by atoms with Crippen molar-refractivity contribution in [2.45, 2.75) is 49.1 Å². The normalized spacial score (nSPS) is 23.1. The molecule has 104 valence electrons. The van der Waals surface area contributed by atoms with E-state index in [0.717, 1.165) is 36.1 Å². The minimum Gasteiger partial charge on any atom is -0.391 e. The highest BCUT2D eigenvalue weighted by atomic mass is 32.1. The minimum atomic E-state index is -0.373. The fourth-order valence-electron chi connectivity index (χ4n) is 2.64. The molecule has 1 aliphatic rings. The number of hydrogen-bond donors (Lipinski definition) is 2. The molecule has 19 heavy (non-hydrogen) atoms. The molecular weight excluding hydrogens is 258 g/mol. The van der Waals surface area contributed by atoms with Crippen molar-refractivity contribution in [1.29, 1.82) is 0 Å². The van der Waals surface area contributed by atoms with Crippen LogP contribution in [0.2, 0.25) is 0 Å². The first-order valence-electron chi connectivity index (χ1n) is 6.79. The molecule has 1 fully saturated rings. The number of carbonyl (C=O) groups is 1. The van der Waals surface area contributed by atoms with Gasteiger partial charge in [0.15, 0.2) is 0 Å². The molecule has 2 rings (SSSR count). The summed E-state index contributed by atoms with van der Waals surface area (Å²) < 4.78 is 0. The largest absolute Gasteiger partial charge is 0.391 e. The lowest BCUT2D eigenvalue weighted by Crippen LogP contribution is -2.46. The standard InChI is InChI=1S/C15H21NO2S/c1-16(13-4-2-3-5-14(13)17)15(18)10-11-6-8-12(19)9-7-11/h6-9,13-14,17,19H,2-5,10H2,1H3. The van der Waals surface area contributed by atoms with Crippen molar-refractivity contribution in [2.24, 2.45) is 0 Å². The number of thiol groups is 1. The van der Waals surface area contributed by atoms with Crippen LogP contribution < -0.4 is 0 Å². The Bertz CT molecular complexity index is 432. The predicted octanol–water partition coefficient (Wildman–Crippen LogP) is 2.28. The Hall–Kier alpha value is -1.00. The lowest BCUT2D eigenvalue weighted by molar-refractivity contribution is -0.134. The summed E-state index contributed by atoms with van der Waals surface area (Å²) in [6.45, 7) is 0. The molecule has 2 unspecified atom stereocenters. The van der Waals surface area contributed by atoms with Crippen molar-refractivity contribution in [3.8, 4) is 0 Å². The first-order chi connectivity index (χ1) is 9.08. The molecular formula is C15H21NO2S. The Morgan fingerprint density at radius 1 is 1.32 bits per heavy atom.